The predicted octanol–water partition coefficient (Wildman–Crippen LogP) is 4.91. The van der Waals surface area contributed by atoms with Gasteiger partial charge in [-0.2, -0.15) is 0 Å². The minimum Gasteiger partial charge on any atom is -0.325 e. The number of rotatable bonds is 4. The summed E-state index contributed by atoms with van der Waals surface area (Å²) in [6, 6.07) is 7.06. The van der Waals surface area contributed by atoms with E-state index in [9.17, 15) is 4.79 Å². The van der Waals surface area contributed by atoms with Crippen molar-refractivity contribution in [3.05, 3.63) is 45.6 Å². The Morgan fingerprint density at radius 2 is 2.03 bits per heavy atom. The molecule has 3 heterocycles. The van der Waals surface area contributed by atoms with Crippen LogP contribution in [0.1, 0.15) is 29.1 Å². The largest absolute Gasteiger partial charge is 0.325 e. The molecule has 9 heteroatoms. The summed E-state index contributed by atoms with van der Waals surface area (Å²) >= 11 is 9.04. The van der Waals surface area contributed by atoms with Gasteiger partial charge >= 0.3 is 0 Å². The molecular formula is C20H18ClN5OS2. The number of halogens is 1. The Kier molecular flexibility index (Phi) is 4.93. The lowest BCUT2D eigenvalue weighted by Gasteiger charge is -2.10. The highest BCUT2D eigenvalue weighted by molar-refractivity contribution is 7.99. The summed E-state index contributed by atoms with van der Waals surface area (Å²) in [6.45, 7) is 1.96. The van der Waals surface area contributed by atoms with Crippen LogP contribution < -0.4 is 5.32 Å². The third-order valence-corrected chi connectivity index (χ3v) is 7.42. The summed E-state index contributed by atoms with van der Waals surface area (Å²) in [5.41, 5.74) is 2.96. The van der Waals surface area contributed by atoms with Crippen molar-refractivity contribution in [3.63, 3.8) is 0 Å². The number of hydrogen-bond donors (Lipinski definition) is 1. The standard InChI is InChI=1S/C20H18ClN5OS2/c1-11-22-19-17(14-4-2-3-5-15(14)29-19)18-24-25-20(26(11)18)28-10-16(27)23-13-8-6-12(21)7-9-13/h6-9H,2-5,10H2,1H3,(H,23,27). The minimum atomic E-state index is -0.103. The van der Waals surface area contributed by atoms with Crippen molar-refractivity contribution in [1.82, 2.24) is 19.6 Å². The Morgan fingerprint density at radius 3 is 2.86 bits per heavy atom. The second-order valence-corrected chi connectivity index (χ2v) is 9.50. The van der Waals surface area contributed by atoms with Crippen LogP contribution in [0.25, 0.3) is 15.9 Å². The number of carbonyl (C=O) groups excluding carboxylic acids is 1. The number of aromatic nitrogens is 4. The quantitative estimate of drug-likeness (QED) is 0.453. The smallest absolute Gasteiger partial charge is 0.234 e. The number of thioether (sulfide) groups is 1. The van der Waals surface area contributed by atoms with Gasteiger partial charge < -0.3 is 5.32 Å². The van der Waals surface area contributed by atoms with Crippen LogP contribution in [0.3, 0.4) is 0 Å². The zero-order chi connectivity index (χ0) is 20.0. The number of carbonyl (C=O) groups is 1. The lowest BCUT2D eigenvalue weighted by Crippen LogP contribution is -2.14. The van der Waals surface area contributed by atoms with Crippen molar-refractivity contribution in [1.29, 1.82) is 0 Å². The molecule has 1 aliphatic carbocycles. The van der Waals surface area contributed by atoms with E-state index in [2.05, 4.69) is 15.5 Å². The van der Waals surface area contributed by atoms with Gasteiger partial charge in [0.2, 0.25) is 5.91 Å². The minimum absolute atomic E-state index is 0.103. The van der Waals surface area contributed by atoms with Crippen molar-refractivity contribution in [2.45, 2.75) is 37.8 Å². The molecule has 148 valence electrons. The van der Waals surface area contributed by atoms with E-state index < -0.39 is 0 Å². The molecule has 1 amide bonds. The van der Waals surface area contributed by atoms with Gasteiger partial charge in [-0.15, -0.1) is 21.5 Å². The second-order valence-electron chi connectivity index (χ2n) is 7.04. The van der Waals surface area contributed by atoms with Gasteiger partial charge in [-0.3, -0.25) is 9.20 Å². The van der Waals surface area contributed by atoms with Gasteiger partial charge in [-0.1, -0.05) is 23.4 Å². The van der Waals surface area contributed by atoms with Gasteiger partial charge in [0.1, 0.15) is 10.7 Å². The van der Waals surface area contributed by atoms with Gasteiger partial charge in [0, 0.05) is 15.6 Å². The normalized spacial score (nSPS) is 13.7. The molecule has 0 fully saturated rings. The molecule has 3 aromatic heterocycles. The van der Waals surface area contributed by atoms with Crippen LogP contribution in [0.4, 0.5) is 5.69 Å². The average Bonchev–Trinajstić information content (AvgIpc) is 3.29. The highest BCUT2D eigenvalue weighted by atomic mass is 35.5. The molecular weight excluding hydrogens is 426 g/mol. The number of nitrogens with one attached hydrogen (secondary N) is 1. The van der Waals surface area contributed by atoms with Crippen LogP contribution >= 0.6 is 34.7 Å². The number of nitrogens with zero attached hydrogens (tertiary/aromatic N) is 4. The number of aryl methyl sites for hydroxylation is 3. The van der Waals surface area contributed by atoms with E-state index in [1.807, 2.05) is 11.3 Å². The molecule has 6 nitrogen and oxygen atoms in total. The van der Waals surface area contributed by atoms with Gasteiger partial charge in [-0.25, -0.2) is 4.98 Å². The lowest BCUT2D eigenvalue weighted by molar-refractivity contribution is -0.113. The molecule has 5 rings (SSSR count). The number of anilines is 1. The van der Waals surface area contributed by atoms with Crippen LogP contribution in [-0.4, -0.2) is 31.2 Å². The second kappa shape index (κ2) is 7.59. The number of amides is 1. The van der Waals surface area contributed by atoms with E-state index in [1.165, 1.54) is 35.0 Å². The highest BCUT2D eigenvalue weighted by Gasteiger charge is 2.22. The summed E-state index contributed by atoms with van der Waals surface area (Å²) in [5, 5.41) is 14.2. The molecule has 1 aromatic carbocycles. The van der Waals surface area contributed by atoms with E-state index in [0.717, 1.165) is 40.2 Å². The van der Waals surface area contributed by atoms with Crippen molar-refractivity contribution in [3.8, 4) is 0 Å². The zero-order valence-corrected chi connectivity index (χ0v) is 18.1. The summed E-state index contributed by atoms with van der Waals surface area (Å²) in [6.07, 6.45) is 4.65. The maximum absolute atomic E-state index is 12.3. The molecule has 0 spiro atoms. The highest BCUT2D eigenvalue weighted by Crippen LogP contribution is 2.38. The third kappa shape index (κ3) is 3.49. The lowest BCUT2D eigenvalue weighted by atomic mass is 9.97. The molecule has 1 aliphatic rings. The molecule has 0 saturated carbocycles. The first-order valence-corrected chi connectivity index (χ1v) is 11.6. The van der Waals surface area contributed by atoms with Gasteiger partial charge in [-0.05, 0) is 62.4 Å². The zero-order valence-electron chi connectivity index (χ0n) is 15.7. The van der Waals surface area contributed by atoms with Crippen LogP contribution in [0.2, 0.25) is 5.02 Å². The topological polar surface area (TPSA) is 72.2 Å². The van der Waals surface area contributed by atoms with Crippen molar-refractivity contribution < 1.29 is 4.79 Å². The Hall–Kier alpha value is -2.16. The summed E-state index contributed by atoms with van der Waals surface area (Å²) in [4.78, 5) is 19.6. The molecule has 0 bridgehead atoms. The van der Waals surface area contributed by atoms with E-state index in [0.29, 0.717) is 10.2 Å². The third-order valence-electron chi connectivity index (χ3n) is 5.06. The number of hydrogen-bond acceptors (Lipinski definition) is 6. The number of fused-ring (bicyclic) bond motifs is 5. The monoisotopic (exact) mass is 443 g/mol. The number of benzene rings is 1. The summed E-state index contributed by atoms with van der Waals surface area (Å²) < 4.78 is 1.98. The maximum atomic E-state index is 12.3. The molecule has 0 atom stereocenters. The Morgan fingerprint density at radius 1 is 1.24 bits per heavy atom. The molecule has 29 heavy (non-hydrogen) atoms. The number of thiophene rings is 1. The Labute approximate surface area is 180 Å². The van der Waals surface area contributed by atoms with Gasteiger partial charge in [0.05, 0.1) is 11.1 Å². The fourth-order valence-electron chi connectivity index (χ4n) is 3.74. The molecule has 1 N–H and O–H groups in total. The first-order valence-electron chi connectivity index (χ1n) is 9.44. The maximum Gasteiger partial charge on any atom is 0.234 e. The van der Waals surface area contributed by atoms with E-state index >= 15 is 0 Å². The molecule has 0 radical (unpaired) electrons. The SMILES string of the molecule is Cc1nc2sc3c(c2c2nnc(SCC(=O)Nc4ccc(Cl)cc4)n12)CCCC3. The van der Waals surface area contributed by atoms with Crippen LogP contribution in [0.5, 0.6) is 0 Å². The fourth-order valence-corrected chi connectivity index (χ4v) is 5.94. The van der Waals surface area contributed by atoms with Crippen LogP contribution in [0, 0.1) is 6.92 Å². The van der Waals surface area contributed by atoms with Crippen molar-refractivity contribution >= 4 is 62.2 Å². The Balaban J connectivity index is 1.42. The molecule has 0 saturated heterocycles. The summed E-state index contributed by atoms with van der Waals surface area (Å²) in [7, 11) is 0. The van der Waals surface area contributed by atoms with Gasteiger partial charge in [0.15, 0.2) is 10.8 Å². The van der Waals surface area contributed by atoms with Crippen molar-refractivity contribution in [2.24, 2.45) is 0 Å². The molecule has 4 aromatic rings. The van der Waals surface area contributed by atoms with Crippen LogP contribution in [0.15, 0.2) is 29.4 Å². The van der Waals surface area contributed by atoms with Crippen LogP contribution in [-0.2, 0) is 17.6 Å². The fraction of sp³-hybridized carbons (Fsp3) is 0.300. The average molecular weight is 444 g/mol. The molecule has 0 unspecified atom stereocenters. The summed E-state index contributed by atoms with van der Waals surface area (Å²) in [5.74, 6) is 0.980. The van der Waals surface area contributed by atoms with Gasteiger partial charge in [0.25, 0.3) is 0 Å². The predicted molar refractivity (Wildman–Crippen MR) is 118 cm³/mol. The Bertz CT molecular complexity index is 1230. The van der Waals surface area contributed by atoms with E-state index in [4.69, 9.17) is 16.6 Å². The van der Waals surface area contributed by atoms with Crippen molar-refractivity contribution in [2.75, 3.05) is 11.1 Å². The van der Waals surface area contributed by atoms with E-state index in [-0.39, 0.29) is 11.7 Å². The molecule has 0 aliphatic heterocycles. The van der Waals surface area contributed by atoms with E-state index in [1.54, 1.807) is 35.6 Å². The first kappa shape index (κ1) is 18.8. The first-order chi connectivity index (χ1) is 14.1.